The summed E-state index contributed by atoms with van der Waals surface area (Å²) in [5, 5.41) is 0. The number of carbonyl (C=O) groups excluding carboxylic acids is 1. The Hall–Kier alpha value is -2.36. The van der Waals surface area contributed by atoms with Gasteiger partial charge >= 0.3 is 0 Å². The van der Waals surface area contributed by atoms with Crippen molar-refractivity contribution >= 4 is 11.6 Å². The molecule has 0 unspecified atom stereocenters. The fraction of sp³-hybridized carbons (Fsp3) is 0.458. The molecule has 0 aliphatic carbocycles. The second-order valence-electron chi connectivity index (χ2n) is 9.11. The highest BCUT2D eigenvalue weighted by atomic mass is 19.1. The van der Waals surface area contributed by atoms with E-state index in [9.17, 15) is 9.18 Å². The van der Waals surface area contributed by atoms with Gasteiger partial charge in [0.25, 0.3) is 5.91 Å². The van der Waals surface area contributed by atoms with Crippen LogP contribution >= 0.6 is 0 Å². The smallest absolute Gasteiger partial charge is 0.253 e. The first-order valence-corrected chi connectivity index (χ1v) is 10.2. The molecule has 0 saturated carbocycles. The van der Waals surface area contributed by atoms with Crippen LogP contribution in [-0.4, -0.2) is 35.5 Å². The van der Waals surface area contributed by atoms with Crippen molar-refractivity contribution in [2.75, 3.05) is 18.0 Å². The third kappa shape index (κ3) is 3.41. The number of rotatable bonds is 2. The first-order valence-electron chi connectivity index (χ1n) is 10.2. The SMILES string of the molecule is Cc1cc(C)cc(C(=O)N2CC[C@H]3[C@@H](C2)CC(C)(C)N3c2ccc(F)cc2)c1. The molecule has 28 heavy (non-hydrogen) atoms. The van der Waals surface area contributed by atoms with E-state index in [2.05, 4.69) is 24.8 Å². The molecule has 2 heterocycles. The topological polar surface area (TPSA) is 23.6 Å². The largest absolute Gasteiger partial charge is 0.363 e. The fourth-order valence-corrected chi connectivity index (χ4v) is 5.36. The van der Waals surface area contributed by atoms with Crippen LogP contribution in [0.1, 0.15) is 48.2 Å². The number of hydrogen-bond donors (Lipinski definition) is 0. The Morgan fingerprint density at radius 1 is 1.07 bits per heavy atom. The Morgan fingerprint density at radius 3 is 2.36 bits per heavy atom. The zero-order valence-electron chi connectivity index (χ0n) is 17.2. The van der Waals surface area contributed by atoms with E-state index in [1.54, 1.807) is 0 Å². The van der Waals surface area contributed by atoms with Gasteiger partial charge in [0.15, 0.2) is 0 Å². The molecule has 2 atom stereocenters. The third-order valence-corrected chi connectivity index (χ3v) is 6.30. The van der Waals surface area contributed by atoms with Gasteiger partial charge in [0.1, 0.15) is 5.82 Å². The normalized spacial score (nSPS) is 23.6. The van der Waals surface area contributed by atoms with Gasteiger partial charge in [-0.3, -0.25) is 4.79 Å². The maximum absolute atomic E-state index is 13.4. The summed E-state index contributed by atoms with van der Waals surface area (Å²) < 4.78 is 13.4. The first-order chi connectivity index (χ1) is 13.2. The van der Waals surface area contributed by atoms with Crippen molar-refractivity contribution in [2.45, 2.75) is 52.1 Å². The molecular weight excluding hydrogens is 351 g/mol. The predicted octanol–water partition coefficient (Wildman–Crippen LogP) is 4.96. The highest BCUT2D eigenvalue weighted by molar-refractivity contribution is 5.94. The maximum Gasteiger partial charge on any atom is 0.253 e. The zero-order valence-corrected chi connectivity index (χ0v) is 17.2. The molecule has 2 aromatic rings. The zero-order chi connectivity index (χ0) is 20.1. The second-order valence-corrected chi connectivity index (χ2v) is 9.11. The number of piperidine rings is 1. The lowest BCUT2D eigenvalue weighted by molar-refractivity contribution is 0.0667. The van der Waals surface area contributed by atoms with Crippen LogP contribution in [0.4, 0.5) is 10.1 Å². The van der Waals surface area contributed by atoms with Crippen LogP contribution in [0.15, 0.2) is 42.5 Å². The molecule has 2 fully saturated rings. The van der Waals surface area contributed by atoms with Crippen molar-refractivity contribution in [2.24, 2.45) is 5.92 Å². The number of benzene rings is 2. The first kappa shape index (κ1) is 19.0. The van der Waals surface area contributed by atoms with Gasteiger partial charge in [-0.1, -0.05) is 17.2 Å². The maximum atomic E-state index is 13.4. The van der Waals surface area contributed by atoms with Crippen molar-refractivity contribution < 1.29 is 9.18 Å². The van der Waals surface area contributed by atoms with Crippen molar-refractivity contribution in [3.63, 3.8) is 0 Å². The molecule has 2 aliphatic heterocycles. The van der Waals surface area contributed by atoms with Crippen LogP contribution in [-0.2, 0) is 0 Å². The van der Waals surface area contributed by atoms with E-state index in [0.29, 0.717) is 12.0 Å². The molecule has 0 spiro atoms. The van der Waals surface area contributed by atoms with Crippen LogP contribution in [0.5, 0.6) is 0 Å². The summed E-state index contributed by atoms with van der Waals surface area (Å²) in [6.07, 6.45) is 1.98. The summed E-state index contributed by atoms with van der Waals surface area (Å²) in [6.45, 7) is 10.1. The summed E-state index contributed by atoms with van der Waals surface area (Å²) in [7, 11) is 0. The van der Waals surface area contributed by atoms with Gasteiger partial charge in [-0.05, 0) is 82.9 Å². The summed E-state index contributed by atoms with van der Waals surface area (Å²) >= 11 is 0. The van der Waals surface area contributed by atoms with Gasteiger partial charge in [0, 0.05) is 35.9 Å². The quantitative estimate of drug-likeness (QED) is 0.735. The fourth-order valence-electron chi connectivity index (χ4n) is 5.36. The van der Waals surface area contributed by atoms with Crippen molar-refractivity contribution in [1.82, 2.24) is 4.90 Å². The van der Waals surface area contributed by atoms with Crippen LogP contribution in [0.2, 0.25) is 0 Å². The summed E-state index contributed by atoms with van der Waals surface area (Å²) in [4.78, 5) is 17.6. The van der Waals surface area contributed by atoms with Crippen molar-refractivity contribution in [1.29, 1.82) is 0 Å². The lowest BCUT2D eigenvalue weighted by Crippen LogP contribution is -2.50. The van der Waals surface area contributed by atoms with Crippen LogP contribution < -0.4 is 4.90 Å². The number of nitrogens with zero attached hydrogens (tertiary/aromatic N) is 2. The minimum absolute atomic E-state index is 0.00779. The molecule has 148 valence electrons. The van der Waals surface area contributed by atoms with Crippen LogP contribution in [0, 0.1) is 25.6 Å². The number of carbonyl (C=O) groups is 1. The predicted molar refractivity (Wildman–Crippen MR) is 111 cm³/mol. The number of halogens is 1. The highest BCUT2D eigenvalue weighted by Gasteiger charge is 2.48. The molecule has 4 heteroatoms. The number of anilines is 1. The van der Waals surface area contributed by atoms with Crippen LogP contribution in [0.3, 0.4) is 0 Å². The summed E-state index contributed by atoms with van der Waals surface area (Å²) in [6, 6.07) is 13.3. The van der Waals surface area contributed by atoms with E-state index in [0.717, 1.165) is 48.3 Å². The minimum atomic E-state index is -0.203. The average molecular weight is 381 g/mol. The number of hydrogen-bond acceptors (Lipinski definition) is 2. The summed E-state index contributed by atoms with van der Waals surface area (Å²) in [5.74, 6) is 0.373. The summed E-state index contributed by atoms with van der Waals surface area (Å²) in [5.41, 5.74) is 4.12. The molecule has 3 nitrogen and oxygen atoms in total. The van der Waals surface area contributed by atoms with Gasteiger partial charge < -0.3 is 9.80 Å². The molecule has 2 aliphatic rings. The van der Waals surface area contributed by atoms with E-state index in [1.807, 2.05) is 43.0 Å². The number of aryl methyl sites for hydroxylation is 2. The van der Waals surface area contributed by atoms with E-state index in [-0.39, 0.29) is 17.3 Å². The molecule has 0 N–H and O–H groups in total. The Morgan fingerprint density at radius 2 is 1.71 bits per heavy atom. The monoisotopic (exact) mass is 380 g/mol. The molecule has 0 aromatic heterocycles. The Balaban J connectivity index is 1.55. The van der Waals surface area contributed by atoms with E-state index in [4.69, 9.17) is 0 Å². The molecule has 4 rings (SSSR count). The second kappa shape index (κ2) is 6.91. The Bertz CT molecular complexity index is 870. The molecule has 0 bridgehead atoms. The molecule has 0 radical (unpaired) electrons. The number of fused-ring (bicyclic) bond motifs is 1. The number of amides is 1. The van der Waals surface area contributed by atoms with Gasteiger partial charge in [0.2, 0.25) is 0 Å². The Kier molecular flexibility index (Phi) is 4.68. The standard InChI is InChI=1S/C24H29FN2O/c1-16-11-17(2)13-18(12-16)23(28)26-10-9-22-19(15-26)14-24(3,4)27(22)21-7-5-20(25)6-8-21/h5-8,11-13,19,22H,9-10,14-15H2,1-4H3/t19-,22+/m1/s1. The molecule has 1 amide bonds. The van der Waals surface area contributed by atoms with Gasteiger partial charge in [-0.2, -0.15) is 0 Å². The van der Waals surface area contributed by atoms with Crippen molar-refractivity contribution in [3.05, 3.63) is 65.0 Å². The molecular formula is C24H29FN2O. The third-order valence-electron chi connectivity index (χ3n) is 6.30. The highest BCUT2D eigenvalue weighted by Crippen LogP contribution is 2.44. The molecule has 2 aromatic carbocycles. The van der Waals surface area contributed by atoms with E-state index in [1.165, 1.54) is 12.1 Å². The van der Waals surface area contributed by atoms with E-state index < -0.39 is 0 Å². The van der Waals surface area contributed by atoms with E-state index >= 15 is 0 Å². The van der Waals surface area contributed by atoms with Crippen LogP contribution in [0.25, 0.3) is 0 Å². The van der Waals surface area contributed by atoms with Crippen molar-refractivity contribution in [3.8, 4) is 0 Å². The van der Waals surface area contributed by atoms with Gasteiger partial charge in [0.05, 0.1) is 0 Å². The number of likely N-dealkylation sites (tertiary alicyclic amines) is 1. The van der Waals surface area contributed by atoms with Gasteiger partial charge in [-0.25, -0.2) is 4.39 Å². The Labute approximate surface area is 167 Å². The van der Waals surface area contributed by atoms with Gasteiger partial charge in [-0.15, -0.1) is 0 Å². The average Bonchev–Trinajstić information content (AvgIpc) is 2.90. The lowest BCUT2D eigenvalue weighted by atomic mass is 9.89. The lowest BCUT2D eigenvalue weighted by Gasteiger charge is -2.42. The minimum Gasteiger partial charge on any atom is -0.363 e. The molecule has 2 saturated heterocycles.